The number of ether oxygens (including phenoxy) is 1. The first-order valence-electron chi connectivity index (χ1n) is 6.58. The third-order valence-electron chi connectivity index (χ3n) is 4.66. The van der Waals surface area contributed by atoms with Crippen molar-refractivity contribution in [3.05, 3.63) is 0 Å². The van der Waals surface area contributed by atoms with E-state index in [-0.39, 0.29) is 0 Å². The highest BCUT2D eigenvalue weighted by Crippen LogP contribution is 2.43. The second-order valence-corrected chi connectivity index (χ2v) is 5.54. The molecule has 0 aromatic heterocycles. The van der Waals surface area contributed by atoms with Crippen molar-refractivity contribution < 1.29 is 4.74 Å². The van der Waals surface area contributed by atoms with Gasteiger partial charge in [0.1, 0.15) is 0 Å². The fourth-order valence-electron chi connectivity index (χ4n) is 3.40. The minimum absolute atomic E-state index is 0.308. The molecule has 0 radical (unpaired) electrons. The highest BCUT2D eigenvalue weighted by Gasteiger charge is 2.41. The summed E-state index contributed by atoms with van der Waals surface area (Å²) in [5, 5.41) is 0. The van der Waals surface area contributed by atoms with E-state index in [0.29, 0.717) is 11.5 Å². The standard InChI is InChI=1S/C13H25NO/c1-11-13(10-14,7-8-15-11)9-12-5-3-2-4-6-12/h11-12H,2-10,14H2,1H3. The Morgan fingerprint density at radius 2 is 2.00 bits per heavy atom. The zero-order valence-corrected chi connectivity index (χ0v) is 10.0. The molecule has 2 aliphatic rings. The lowest BCUT2D eigenvalue weighted by atomic mass is 9.71. The first-order chi connectivity index (χ1) is 7.27. The van der Waals surface area contributed by atoms with Crippen molar-refractivity contribution in [2.75, 3.05) is 13.2 Å². The average molecular weight is 211 g/mol. The summed E-state index contributed by atoms with van der Waals surface area (Å²) in [7, 11) is 0. The molecule has 15 heavy (non-hydrogen) atoms. The normalized spacial score (nSPS) is 38.4. The molecule has 1 aliphatic heterocycles. The lowest BCUT2D eigenvalue weighted by Crippen LogP contribution is -2.38. The summed E-state index contributed by atoms with van der Waals surface area (Å²) in [6.45, 7) is 3.94. The van der Waals surface area contributed by atoms with Crippen LogP contribution in [0.25, 0.3) is 0 Å². The van der Waals surface area contributed by atoms with Gasteiger partial charge in [-0.2, -0.15) is 0 Å². The van der Waals surface area contributed by atoms with Crippen LogP contribution < -0.4 is 5.73 Å². The average Bonchev–Trinajstić information content (AvgIpc) is 2.62. The van der Waals surface area contributed by atoms with Crippen LogP contribution >= 0.6 is 0 Å². The Hall–Kier alpha value is -0.0800. The van der Waals surface area contributed by atoms with Crippen molar-refractivity contribution in [3.63, 3.8) is 0 Å². The molecule has 0 aromatic carbocycles. The maximum Gasteiger partial charge on any atom is 0.0616 e. The van der Waals surface area contributed by atoms with Crippen LogP contribution in [0.15, 0.2) is 0 Å². The number of nitrogens with two attached hydrogens (primary N) is 1. The van der Waals surface area contributed by atoms with Gasteiger partial charge < -0.3 is 10.5 Å². The van der Waals surface area contributed by atoms with Gasteiger partial charge in [0.05, 0.1) is 6.10 Å². The van der Waals surface area contributed by atoms with Gasteiger partial charge in [-0.25, -0.2) is 0 Å². The van der Waals surface area contributed by atoms with Gasteiger partial charge in [0.15, 0.2) is 0 Å². The Kier molecular flexibility index (Phi) is 3.68. The van der Waals surface area contributed by atoms with Crippen molar-refractivity contribution >= 4 is 0 Å². The van der Waals surface area contributed by atoms with Crippen LogP contribution in [0.1, 0.15) is 51.9 Å². The first-order valence-corrected chi connectivity index (χ1v) is 6.58. The number of hydrogen-bond donors (Lipinski definition) is 1. The van der Waals surface area contributed by atoms with Crippen LogP contribution in [-0.4, -0.2) is 19.3 Å². The first kappa shape index (κ1) is 11.4. The zero-order chi connectivity index (χ0) is 10.7. The largest absolute Gasteiger partial charge is 0.378 e. The Balaban J connectivity index is 1.94. The third-order valence-corrected chi connectivity index (χ3v) is 4.66. The van der Waals surface area contributed by atoms with Crippen molar-refractivity contribution in [1.82, 2.24) is 0 Å². The molecule has 2 unspecified atom stereocenters. The molecular formula is C13H25NO. The lowest BCUT2D eigenvalue weighted by molar-refractivity contribution is 0.0499. The van der Waals surface area contributed by atoms with E-state index in [9.17, 15) is 0 Å². The molecular weight excluding hydrogens is 186 g/mol. The molecule has 2 atom stereocenters. The van der Waals surface area contributed by atoms with Crippen LogP contribution in [0.5, 0.6) is 0 Å². The summed E-state index contributed by atoms with van der Waals surface area (Å²) in [6.07, 6.45) is 10.0. The quantitative estimate of drug-likeness (QED) is 0.779. The monoisotopic (exact) mass is 211 g/mol. The summed E-state index contributed by atoms with van der Waals surface area (Å²) < 4.78 is 5.72. The number of hydrogen-bond acceptors (Lipinski definition) is 2. The summed E-state index contributed by atoms with van der Waals surface area (Å²) in [5.74, 6) is 0.923. The predicted molar refractivity (Wildman–Crippen MR) is 62.7 cm³/mol. The maximum absolute atomic E-state index is 6.00. The van der Waals surface area contributed by atoms with Gasteiger partial charge in [-0.1, -0.05) is 32.1 Å². The topological polar surface area (TPSA) is 35.2 Å². The van der Waals surface area contributed by atoms with E-state index in [2.05, 4.69) is 6.92 Å². The van der Waals surface area contributed by atoms with Gasteiger partial charge in [-0.15, -0.1) is 0 Å². The molecule has 2 rings (SSSR count). The van der Waals surface area contributed by atoms with Crippen molar-refractivity contribution in [2.24, 2.45) is 17.1 Å². The molecule has 1 heterocycles. The van der Waals surface area contributed by atoms with E-state index in [0.717, 1.165) is 19.1 Å². The van der Waals surface area contributed by atoms with Crippen LogP contribution in [0, 0.1) is 11.3 Å². The smallest absolute Gasteiger partial charge is 0.0616 e. The molecule has 1 saturated carbocycles. The Morgan fingerprint density at radius 1 is 1.27 bits per heavy atom. The zero-order valence-electron chi connectivity index (χ0n) is 10.0. The molecule has 88 valence electrons. The van der Waals surface area contributed by atoms with E-state index in [1.807, 2.05) is 0 Å². The summed E-state index contributed by atoms with van der Waals surface area (Å²) in [4.78, 5) is 0. The molecule has 1 aliphatic carbocycles. The van der Waals surface area contributed by atoms with Crippen LogP contribution in [0.3, 0.4) is 0 Å². The molecule has 2 N–H and O–H groups in total. The van der Waals surface area contributed by atoms with E-state index < -0.39 is 0 Å². The van der Waals surface area contributed by atoms with E-state index in [1.165, 1.54) is 44.9 Å². The fourth-order valence-corrected chi connectivity index (χ4v) is 3.40. The predicted octanol–water partition coefficient (Wildman–Crippen LogP) is 2.71. The van der Waals surface area contributed by atoms with E-state index in [4.69, 9.17) is 10.5 Å². The van der Waals surface area contributed by atoms with Gasteiger partial charge >= 0.3 is 0 Å². The van der Waals surface area contributed by atoms with Crippen LogP contribution in [0.4, 0.5) is 0 Å². The minimum atomic E-state index is 0.308. The molecule has 0 amide bonds. The highest BCUT2D eigenvalue weighted by atomic mass is 16.5. The lowest BCUT2D eigenvalue weighted by Gasteiger charge is -2.36. The Morgan fingerprint density at radius 3 is 2.53 bits per heavy atom. The molecule has 0 aromatic rings. The fraction of sp³-hybridized carbons (Fsp3) is 1.00. The van der Waals surface area contributed by atoms with Crippen LogP contribution in [-0.2, 0) is 4.74 Å². The molecule has 2 fully saturated rings. The van der Waals surface area contributed by atoms with Gasteiger partial charge in [-0.05, 0) is 25.7 Å². The molecule has 2 nitrogen and oxygen atoms in total. The van der Waals surface area contributed by atoms with Crippen molar-refractivity contribution in [3.8, 4) is 0 Å². The van der Waals surface area contributed by atoms with Crippen LogP contribution in [0.2, 0.25) is 0 Å². The van der Waals surface area contributed by atoms with Crippen molar-refractivity contribution in [1.29, 1.82) is 0 Å². The van der Waals surface area contributed by atoms with Gasteiger partial charge in [0, 0.05) is 18.6 Å². The summed E-state index contributed by atoms with van der Waals surface area (Å²) >= 11 is 0. The summed E-state index contributed by atoms with van der Waals surface area (Å²) in [5.41, 5.74) is 6.30. The molecule has 0 spiro atoms. The molecule has 0 bridgehead atoms. The second-order valence-electron chi connectivity index (χ2n) is 5.54. The van der Waals surface area contributed by atoms with Gasteiger partial charge in [0.2, 0.25) is 0 Å². The van der Waals surface area contributed by atoms with E-state index >= 15 is 0 Å². The SMILES string of the molecule is CC1OCCC1(CN)CC1CCCCC1. The van der Waals surface area contributed by atoms with Gasteiger partial charge in [-0.3, -0.25) is 0 Å². The van der Waals surface area contributed by atoms with Gasteiger partial charge in [0.25, 0.3) is 0 Å². The van der Waals surface area contributed by atoms with E-state index in [1.54, 1.807) is 0 Å². The molecule has 2 heteroatoms. The Bertz CT molecular complexity index is 201. The second kappa shape index (κ2) is 4.84. The highest BCUT2D eigenvalue weighted by molar-refractivity contribution is 4.92. The summed E-state index contributed by atoms with van der Waals surface area (Å²) in [6, 6.07) is 0. The van der Waals surface area contributed by atoms with Crippen molar-refractivity contribution in [2.45, 2.75) is 58.0 Å². The minimum Gasteiger partial charge on any atom is -0.378 e. The Labute approximate surface area is 93.6 Å². The number of rotatable bonds is 3. The third kappa shape index (κ3) is 2.36. The maximum atomic E-state index is 6.00. The molecule has 1 saturated heterocycles.